The molecule has 2 aromatic rings. The first-order valence-electron chi connectivity index (χ1n) is 8.46. The van der Waals surface area contributed by atoms with Crippen LogP contribution in [0.25, 0.3) is 11.0 Å². The van der Waals surface area contributed by atoms with Crippen molar-refractivity contribution in [2.45, 2.75) is 32.2 Å². The minimum absolute atomic E-state index is 0.0420. The van der Waals surface area contributed by atoms with Crippen molar-refractivity contribution in [3.63, 3.8) is 0 Å². The van der Waals surface area contributed by atoms with E-state index in [2.05, 4.69) is 0 Å². The second-order valence-electron chi connectivity index (χ2n) is 6.67. The summed E-state index contributed by atoms with van der Waals surface area (Å²) in [7, 11) is 4.46. The summed E-state index contributed by atoms with van der Waals surface area (Å²) in [5.41, 5.74) is 1.05. The molecule has 0 radical (unpaired) electrons. The maximum atomic E-state index is 14.0. The fraction of sp³-hybridized carbons (Fsp3) is 0.556. The Bertz CT molecular complexity index is 847. The van der Waals surface area contributed by atoms with Crippen LogP contribution in [0.3, 0.4) is 0 Å². The number of benzene rings is 1. The van der Waals surface area contributed by atoms with Crippen molar-refractivity contribution in [3.8, 4) is 5.75 Å². The van der Waals surface area contributed by atoms with E-state index >= 15 is 0 Å². The van der Waals surface area contributed by atoms with Crippen molar-refractivity contribution in [1.29, 1.82) is 0 Å². The van der Waals surface area contributed by atoms with Gasteiger partial charge in [-0.05, 0) is 31.6 Å². The average Bonchev–Trinajstić information content (AvgIpc) is 2.85. The molecule has 1 fully saturated rings. The minimum atomic E-state index is -0.485. The number of imidazole rings is 1. The van der Waals surface area contributed by atoms with E-state index in [1.807, 2.05) is 0 Å². The van der Waals surface area contributed by atoms with E-state index in [0.717, 1.165) is 25.7 Å². The van der Waals surface area contributed by atoms with E-state index in [1.54, 1.807) is 17.7 Å². The van der Waals surface area contributed by atoms with Crippen molar-refractivity contribution >= 4 is 17.0 Å². The van der Waals surface area contributed by atoms with Gasteiger partial charge in [-0.3, -0.25) is 13.9 Å². The molecule has 1 heterocycles. The van der Waals surface area contributed by atoms with Gasteiger partial charge in [-0.2, -0.15) is 0 Å². The standard InChI is InChI=1S/C18H23FN2O4/c1-20-14-8-13(19)16(24-2)9-15(14)21(18(20)23)10-11-4-6-12(7-5-11)17(22)25-3/h8-9,11-12H,4-7,10H2,1-3H3. The molecule has 0 atom stereocenters. The lowest BCUT2D eigenvalue weighted by Gasteiger charge is -2.27. The molecule has 1 saturated carbocycles. The minimum Gasteiger partial charge on any atom is -0.494 e. The van der Waals surface area contributed by atoms with Crippen molar-refractivity contribution in [3.05, 3.63) is 28.4 Å². The Labute approximate surface area is 145 Å². The average molecular weight is 350 g/mol. The molecule has 0 N–H and O–H groups in total. The zero-order valence-corrected chi connectivity index (χ0v) is 14.8. The van der Waals surface area contributed by atoms with Crippen LogP contribution in [0.1, 0.15) is 25.7 Å². The molecule has 3 rings (SSSR count). The number of rotatable bonds is 4. The van der Waals surface area contributed by atoms with E-state index in [0.29, 0.717) is 23.5 Å². The van der Waals surface area contributed by atoms with Gasteiger partial charge in [-0.15, -0.1) is 0 Å². The molecule has 0 aliphatic heterocycles. The van der Waals surface area contributed by atoms with Gasteiger partial charge in [0, 0.05) is 25.7 Å². The van der Waals surface area contributed by atoms with Crippen LogP contribution in [0.4, 0.5) is 4.39 Å². The lowest BCUT2D eigenvalue weighted by Crippen LogP contribution is -2.29. The molecule has 1 aliphatic rings. The highest BCUT2D eigenvalue weighted by Gasteiger charge is 2.28. The summed E-state index contributed by atoms with van der Waals surface area (Å²) in [6, 6.07) is 2.91. The summed E-state index contributed by atoms with van der Waals surface area (Å²) in [4.78, 5) is 24.2. The van der Waals surface area contributed by atoms with E-state index in [-0.39, 0.29) is 23.3 Å². The number of aryl methyl sites for hydroxylation is 1. The predicted octanol–water partition coefficient (Wildman–Crippen LogP) is 2.47. The van der Waals surface area contributed by atoms with Crippen LogP contribution in [-0.2, 0) is 23.1 Å². The Morgan fingerprint density at radius 2 is 1.88 bits per heavy atom. The molecule has 25 heavy (non-hydrogen) atoms. The van der Waals surface area contributed by atoms with Gasteiger partial charge in [-0.25, -0.2) is 9.18 Å². The van der Waals surface area contributed by atoms with Gasteiger partial charge in [0.2, 0.25) is 0 Å². The number of carbonyl (C=O) groups excluding carboxylic acids is 1. The predicted molar refractivity (Wildman–Crippen MR) is 91.2 cm³/mol. The second kappa shape index (κ2) is 6.90. The molecular weight excluding hydrogens is 327 g/mol. The zero-order chi connectivity index (χ0) is 18.1. The number of esters is 1. The third-order valence-electron chi connectivity index (χ3n) is 5.24. The monoisotopic (exact) mass is 350 g/mol. The maximum Gasteiger partial charge on any atom is 0.328 e. The van der Waals surface area contributed by atoms with Crippen LogP contribution in [-0.4, -0.2) is 29.3 Å². The summed E-state index contributed by atoms with van der Waals surface area (Å²) in [6.07, 6.45) is 3.27. The third kappa shape index (κ3) is 3.15. The number of ether oxygens (including phenoxy) is 2. The number of halogens is 1. The van der Waals surface area contributed by atoms with Gasteiger partial charge in [0.1, 0.15) is 0 Å². The smallest absolute Gasteiger partial charge is 0.328 e. The van der Waals surface area contributed by atoms with Gasteiger partial charge in [0.05, 0.1) is 31.2 Å². The summed E-state index contributed by atoms with van der Waals surface area (Å²) < 4.78 is 27.0. The number of methoxy groups -OCH3 is 2. The van der Waals surface area contributed by atoms with Gasteiger partial charge in [-0.1, -0.05) is 0 Å². The van der Waals surface area contributed by atoms with Crippen LogP contribution in [0.15, 0.2) is 16.9 Å². The molecule has 0 bridgehead atoms. The van der Waals surface area contributed by atoms with E-state index in [4.69, 9.17) is 9.47 Å². The van der Waals surface area contributed by atoms with Crippen molar-refractivity contribution in [2.75, 3.05) is 14.2 Å². The van der Waals surface area contributed by atoms with E-state index in [9.17, 15) is 14.0 Å². The Hall–Kier alpha value is -2.31. The lowest BCUT2D eigenvalue weighted by molar-refractivity contribution is -0.146. The molecule has 1 aromatic heterocycles. The van der Waals surface area contributed by atoms with Gasteiger partial charge in [0.25, 0.3) is 0 Å². The number of fused-ring (bicyclic) bond motifs is 1. The molecular formula is C18H23FN2O4. The zero-order valence-electron chi connectivity index (χ0n) is 14.8. The first kappa shape index (κ1) is 17.5. The number of carbonyl (C=O) groups is 1. The first-order chi connectivity index (χ1) is 12.0. The third-order valence-corrected chi connectivity index (χ3v) is 5.24. The second-order valence-corrected chi connectivity index (χ2v) is 6.67. The highest BCUT2D eigenvalue weighted by Crippen LogP contribution is 2.31. The SMILES string of the molecule is COC(=O)C1CCC(Cn2c(=O)n(C)c3cc(F)c(OC)cc32)CC1. The van der Waals surface area contributed by atoms with Crippen molar-refractivity contribution < 1.29 is 18.7 Å². The topological polar surface area (TPSA) is 62.5 Å². The number of hydrogen-bond acceptors (Lipinski definition) is 4. The van der Waals surface area contributed by atoms with Crippen LogP contribution < -0.4 is 10.4 Å². The first-order valence-corrected chi connectivity index (χ1v) is 8.46. The summed E-state index contributed by atoms with van der Waals surface area (Å²) in [6.45, 7) is 0.554. The van der Waals surface area contributed by atoms with Gasteiger partial charge >= 0.3 is 11.7 Å². The quantitative estimate of drug-likeness (QED) is 0.795. The molecule has 0 spiro atoms. The van der Waals surface area contributed by atoms with Crippen LogP contribution in [0.2, 0.25) is 0 Å². The van der Waals surface area contributed by atoms with Crippen molar-refractivity contribution in [1.82, 2.24) is 9.13 Å². The lowest BCUT2D eigenvalue weighted by atomic mass is 9.82. The van der Waals surface area contributed by atoms with E-state index in [1.165, 1.54) is 24.9 Å². The molecule has 1 aromatic carbocycles. The fourth-order valence-electron chi connectivity index (χ4n) is 3.74. The Balaban J connectivity index is 1.86. The van der Waals surface area contributed by atoms with Gasteiger partial charge < -0.3 is 9.47 Å². The summed E-state index contributed by atoms with van der Waals surface area (Å²) in [5.74, 6) is -0.247. The largest absolute Gasteiger partial charge is 0.494 e. The maximum absolute atomic E-state index is 14.0. The van der Waals surface area contributed by atoms with Crippen LogP contribution in [0.5, 0.6) is 5.75 Å². The van der Waals surface area contributed by atoms with Crippen molar-refractivity contribution in [2.24, 2.45) is 18.9 Å². The highest BCUT2D eigenvalue weighted by molar-refractivity contribution is 5.78. The summed E-state index contributed by atoms with van der Waals surface area (Å²) >= 11 is 0. The molecule has 6 nitrogen and oxygen atoms in total. The highest BCUT2D eigenvalue weighted by atomic mass is 19.1. The van der Waals surface area contributed by atoms with E-state index < -0.39 is 5.82 Å². The van der Waals surface area contributed by atoms with Crippen LogP contribution in [0, 0.1) is 17.7 Å². The molecule has 1 aliphatic carbocycles. The normalized spacial score (nSPS) is 20.6. The summed E-state index contributed by atoms with van der Waals surface area (Å²) in [5, 5.41) is 0. The van der Waals surface area contributed by atoms with Gasteiger partial charge in [0.15, 0.2) is 11.6 Å². The molecule has 0 amide bonds. The molecule has 0 saturated heterocycles. The molecule has 7 heteroatoms. The number of aromatic nitrogens is 2. The van der Waals surface area contributed by atoms with Crippen LogP contribution >= 0.6 is 0 Å². The molecule has 0 unspecified atom stereocenters. The Kier molecular flexibility index (Phi) is 4.83. The Morgan fingerprint density at radius 1 is 1.20 bits per heavy atom. The fourth-order valence-corrected chi connectivity index (χ4v) is 3.74. The number of hydrogen-bond donors (Lipinski definition) is 0. The molecule has 136 valence electrons. The number of nitrogens with zero attached hydrogens (tertiary/aromatic N) is 2. The Morgan fingerprint density at radius 3 is 2.48 bits per heavy atom.